The van der Waals surface area contributed by atoms with Crippen LogP contribution in [0, 0.1) is 6.92 Å². The van der Waals surface area contributed by atoms with Gasteiger partial charge in [0.25, 0.3) is 0 Å². The van der Waals surface area contributed by atoms with Crippen LogP contribution in [0.1, 0.15) is 18.4 Å². The Morgan fingerprint density at radius 1 is 1.50 bits per heavy atom. The van der Waals surface area contributed by atoms with E-state index < -0.39 is 10.0 Å². The molecule has 0 saturated carbocycles. The van der Waals surface area contributed by atoms with E-state index in [0.29, 0.717) is 5.69 Å². The van der Waals surface area contributed by atoms with Crippen molar-refractivity contribution < 1.29 is 8.42 Å². The Morgan fingerprint density at radius 2 is 2.28 bits per heavy atom. The van der Waals surface area contributed by atoms with Crippen molar-refractivity contribution in [2.45, 2.75) is 25.8 Å². The molecule has 1 fully saturated rings. The maximum Gasteiger partial charge on any atom is 0.234 e. The highest BCUT2D eigenvalue weighted by atomic mass is 79.9. The van der Waals surface area contributed by atoms with Gasteiger partial charge in [-0.25, -0.2) is 8.42 Å². The number of anilines is 1. The van der Waals surface area contributed by atoms with E-state index in [1.165, 1.54) is 0 Å². The van der Waals surface area contributed by atoms with Crippen LogP contribution in [-0.4, -0.2) is 26.8 Å². The van der Waals surface area contributed by atoms with Crippen molar-refractivity contribution in [2.75, 3.05) is 17.0 Å². The standard InChI is InChI=1S/C12H17BrN2O2S/c1-9-4-5-10(7-12(9)13)15-18(16,17)8-11-3-2-6-14-11/h4-5,7,11,14-15H,2-3,6,8H2,1H3. The van der Waals surface area contributed by atoms with E-state index in [4.69, 9.17) is 0 Å². The van der Waals surface area contributed by atoms with Gasteiger partial charge in [0.15, 0.2) is 0 Å². The number of halogens is 1. The molecule has 6 heteroatoms. The van der Waals surface area contributed by atoms with Crippen molar-refractivity contribution in [1.82, 2.24) is 5.32 Å². The molecule has 0 spiro atoms. The fraction of sp³-hybridized carbons (Fsp3) is 0.500. The molecule has 4 nitrogen and oxygen atoms in total. The lowest BCUT2D eigenvalue weighted by molar-refractivity contribution is 0.582. The first-order valence-corrected chi connectivity index (χ1v) is 8.41. The molecule has 2 rings (SSSR count). The van der Waals surface area contributed by atoms with Crippen LogP contribution in [0.2, 0.25) is 0 Å². The van der Waals surface area contributed by atoms with E-state index >= 15 is 0 Å². The Labute approximate surface area is 116 Å². The summed E-state index contributed by atoms with van der Waals surface area (Å²) >= 11 is 3.39. The molecule has 0 amide bonds. The average Bonchev–Trinajstić information content (AvgIpc) is 2.75. The molecule has 1 heterocycles. The van der Waals surface area contributed by atoms with Gasteiger partial charge in [-0.15, -0.1) is 0 Å². The van der Waals surface area contributed by atoms with Crippen LogP contribution >= 0.6 is 15.9 Å². The number of aryl methyl sites for hydroxylation is 1. The van der Waals surface area contributed by atoms with Crippen molar-refractivity contribution in [3.05, 3.63) is 28.2 Å². The smallest absolute Gasteiger partial charge is 0.234 e. The van der Waals surface area contributed by atoms with Crippen LogP contribution in [-0.2, 0) is 10.0 Å². The highest BCUT2D eigenvalue weighted by molar-refractivity contribution is 9.10. The van der Waals surface area contributed by atoms with Gasteiger partial charge in [0.1, 0.15) is 0 Å². The lowest BCUT2D eigenvalue weighted by Crippen LogP contribution is -2.32. The third kappa shape index (κ3) is 3.70. The number of rotatable bonds is 4. The van der Waals surface area contributed by atoms with Gasteiger partial charge in [0, 0.05) is 16.2 Å². The molecule has 1 aromatic carbocycles. The number of hydrogen-bond donors (Lipinski definition) is 2. The maximum atomic E-state index is 12.0. The Bertz CT molecular complexity index is 525. The van der Waals surface area contributed by atoms with Crippen molar-refractivity contribution in [2.24, 2.45) is 0 Å². The van der Waals surface area contributed by atoms with Gasteiger partial charge in [-0.2, -0.15) is 0 Å². The van der Waals surface area contributed by atoms with E-state index in [-0.39, 0.29) is 11.8 Å². The molecule has 1 unspecified atom stereocenters. The van der Waals surface area contributed by atoms with Gasteiger partial charge < -0.3 is 5.32 Å². The topological polar surface area (TPSA) is 58.2 Å². The lowest BCUT2D eigenvalue weighted by atomic mass is 10.2. The largest absolute Gasteiger partial charge is 0.313 e. The van der Waals surface area contributed by atoms with E-state index in [9.17, 15) is 8.42 Å². The van der Waals surface area contributed by atoms with Crippen LogP contribution in [0.3, 0.4) is 0 Å². The zero-order valence-corrected chi connectivity index (χ0v) is 12.6. The van der Waals surface area contributed by atoms with Crippen LogP contribution in [0.25, 0.3) is 0 Å². The molecule has 18 heavy (non-hydrogen) atoms. The minimum atomic E-state index is -3.28. The van der Waals surface area contributed by atoms with Crippen molar-refractivity contribution >= 4 is 31.6 Å². The monoisotopic (exact) mass is 332 g/mol. The Morgan fingerprint density at radius 3 is 2.89 bits per heavy atom. The van der Waals surface area contributed by atoms with Crippen LogP contribution < -0.4 is 10.0 Å². The molecule has 0 aromatic heterocycles. The summed E-state index contributed by atoms with van der Waals surface area (Å²) in [5, 5.41) is 3.19. The summed E-state index contributed by atoms with van der Waals surface area (Å²) in [6.45, 7) is 2.88. The SMILES string of the molecule is Cc1ccc(NS(=O)(=O)CC2CCCN2)cc1Br. The Balaban J connectivity index is 2.04. The summed E-state index contributed by atoms with van der Waals surface area (Å²) in [5.41, 5.74) is 1.68. The first kappa shape index (κ1) is 13.8. The molecule has 0 aliphatic carbocycles. The summed E-state index contributed by atoms with van der Waals surface area (Å²) in [7, 11) is -3.28. The van der Waals surface area contributed by atoms with Gasteiger partial charge in [-0.05, 0) is 44.0 Å². The molecular weight excluding hydrogens is 316 g/mol. The maximum absolute atomic E-state index is 12.0. The van der Waals surface area contributed by atoms with Crippen LogP contribution in [0.15, 0.2) is 22.7 Å². The predicted molar refractivity (Wildman–Crippen MR) is 77.3 cm³/mol. The highest BCUT2D eigenvalue weighted by Crippen LogP contribution is 2.21. The van der Waals surface area contributed by atoms with Gasteiger partial charge >= 0.3 is 0 Å². The number of sulfonamides is 1. The van der Waals surface area contributed by atoms with E-state index in [1.807, 2.05) is 13.0 Å². The highest BCUT2D eigenvalue weighted by Gasteiger charge is 2.21. The molecular formula is C12H17BrN2O2S. The third-order valence-electron chi connectivity index (χ3n) is 3.03. The molecule has 1 aliphatic rings. The van der Waals surface area contributed by atoms with Gasteiger partial charge in [0.2, 0.25) is 10.0 Å². The summed E-state index contributed by atoms with van der Waals surface area (Å²) in [6, 6.07) is 5.53. The minimum Gasteiger partial charge on any atom is -0.313 e. The zero-order chi connectivity index (χ0) is 13.2. The van der Waals surface area contributed by atoms with Crippen molar-refractivity contribution in [3.63, 3.8) is 0 Å². The number of nitrogens with one attached hydrogen (secondary N) is 2. The molecule has 100 valence electrons. The van der Waals surface area contributed by atoms with Gasteiger partial charge in [-0.3, -0.25) is 4.72 Å². The second-order valence-electron chi connectivity index (χ2n) is 4.64. The van der Waals surface area contributed by atoms with E-state index in [2.05, 4.69) is 26.0 Å². The fourth-order valence-electron chi connectivity index (χ4n) is 2.04. The second kappa shape index (κ2) is 5.59. The molecule has 1 aromatic rings. The van der Waals surface area contributed by atoms with Crippen molar-refractivity contribution in [1.29, 1.82) is 0 Å². The predicted octanol–water partition coefficient (Wildman–Crippen LogP) is 2.25. The van der Waals surface area contributed by atoms with E-state index in [0.717, 1.165) is 29.4 Å². The quantitative estimate of drug-likeness (QED) is 0.889. The Hall–Kier alpha value is -0.590. The summed E-state index contributed by atoms with van der Waals surface area (Å²) < 4.78 is 27.5. The summed E-state index contributed by atoms with van der Waals surface area (Å²) in [5.74, 6) is 0.137. The summed E-state index contributed by atoms with van der Waals surface area (Å²) in [6.07, 6.45) is 1.98. The second-order valence-corrected chi connectivity index (χ2v) is 7.26. The van der Waals surface area contributed by atoms with E-state index in [1.54, 1.807) is 12.1 Å². The molecule has 1 atom stereocenters. The van der Waals surface area contributed by atoms with Crippen LogP contribution in [0.5, 0.6) is 0 Å². The average molecular weight is 333 g/mol. The first-order valence-electron chi connectivity index (χ1n) is 5.96. The molecule has 0 radical (unpaired) electrons. The number of benzene rings is 1. The third-order valence-corrected chi connectivity index (χ3v) is 5.27. The molecule has 0 bridgehead atoms. The summed E-state index contributed by atoms with van der Waals surface area (Å²) in [4.78, 5) is 0. The Kier molecular flexibility index (Phi) is 4.29. The van der Waals surface area contributed by atoms with Gasteiger partial charge in [-0.1, -0.05) is 22.0 Å². The molecule has 2 N–H and O–H groups in total. The van der Waals surface area contributed by atoms with Gasteiger partial charge in [0.05, 0.1) is 5.75 Å². The zero-order valence-electron chi connectivity index (χ0n) is 10.2. The molecule has 1 saturated heterocycles. The normalized spacial score (nSPS) is 20.0. The first-order chi connectivity index (χ1) is 8.46. The fourth-order valence-corrected chi connectivity index (χ4v) is 3.80. The lowest BCUT2D eigenvalue weighted by Gasteiger charge is -2.13. The minimum absolute atomic E-state index is 0.0800. The van der Waals surface area contributed by atoms with Crippen molar-refractivity contribution in [3.8, 4) is 0 Å². The van der Waals surface area contributed by atoms with Crippen LogP contribution in [0.4, 0.5) is 5.69 Å². The number of hydrogen-bond acceptors (Lipinski definition) is 3. The molecule has 1 aliphatic heterocycles.